The number of amides is 1. The van der Waals surface area contributed by atoms with Gasteiger partial charge < -0.3 is 10.2 Å². The molecule has 2 aliphatic rings. The number of carbonyl (C=O) groups excluding carboxylic acids is 1. The van der Waals surface area contributed by atoms with E-state index < -0.39 is 12.1 Å². The molecule has 1 N–H and O–H groups in total. The fraction of sp³-hybridized carbons (Fsp3) is 0.611. The van der Waals surface area contributed by atoms with E-state index in [1.807, 2.05) is 30.3 Å². The van der Waals surface area contributed by atoms with Gasteiger partial charge in [-0.25, -0.2) is 0 Å². The van der Waals surface area contributed by atoms with Crippen LogP contribution in [0.5, 0.6) is 0 Å². The number of benzene rings is 1. The van der Waals surface area contributed by atoms with E-state index in [4.69, 9.17) is 0 Å². The zero-order valence-corrected chi connectivity index (χ0v) is 13.6. The van der Waals surface area contributed by atoms with Crippen molar-refractivity contribution in [2.24, 2.45) is 5.92 Å². The number of rotatable bonds is 5. The van der Waals surface area contributed by atoms with E-state index >= 15 is 0 Å². The molecule has 132 valence electrons. The summed E-state index contributed by atoms with van der Waals surface area (Å²) >= 11 is 0. The summed E-state index contributed by atoms with van der Waals surface area (Å²) in [6, 6.07) is 9.19. The van der Waals surface area contributed by atoms with Crippen LogP contribution in [0.2, 0.25) is 0 Å². The van der Waals surface area contributed by atoms with E-state index in [2.05, 4.69) is 5.32 Å². The van der Waals surface area contributed by atoms with Crippen LogP contribution in [0.25, 0.3) is 0 Å². The number of piperidine rings is 1. The SMILES string of the molecule is O=C(N(CCC1CCNCC1)[C@H]1C[C@@H]1c1ccccc1)C(F)(F)F. The number of alkyl halides is 3. The molecule has 0 spiro atoms. The van der Waals surface area contributed by atoms with Gasteiger partial charge in [-0.05, 0) is 50.3 Å². The molecule has 1 saturated carbocycles. The molecule has 1 aliphatic heterocycles. The standard InChI is InChI=1S/C18H23F3N2O/c19-18(20,21)17(24)23(11-8-13-6-9-22-10-7-13)16-12-15(16)14-4-2-1-3-5-14/h1-5,13,15-16,22H,6-12H2/t15-,16+/m1/s1. The maximum Gasteiger partial charge on any atom is 0.471 e. The smallest absolute Gasteiger partial charge is 0.331 e. The summed E-state index contributed by atoms with van der Waals surface area (Å²) in [7, 11) is 0. The number of nitrogens with one attached hydrogen (secondary N) is 1. The van der Waals surface area contributed by atoms with E-state index in [0.29, 0.717) is 18.8 Å². The Bertz CT molecular complexity index is 555. The first-order valence-corrected chi connectivity index (χ1v) is 8.60. The summed E-state index contributed by atoms with van der Waals surface area (Å²) in [5, 5.41) is 3.25. The lowest BCUT2D eigenvalue weighted by molar-refractivity contribution is -0.186. The highest BCUT2D eigenvalue weighted by atomic mass is 19.4. The Morgan fingerprint density at radius 1 is 1.17 bits per heavy atom. The van der Waals surface area contributed by atoms with Crippen LogP contribution in [0, 0.1) is 5.92 Å². The van der Waals surface area contributed by atoms with Gasteiger partial charge in [-0.3, -0.25) is 4.79 Å². The summed E-state index contributed by atoms with van der Waals surface area (Å²) in [6.45, 7) is 2.03. The van der Waals surface area contributed by atoms with E-state index in [1.165, 1.54) is 0 Å². The average Bonchev–Trinajstić information content (AvgIpc) is 3.36. The van der Waals surface area contributed by atoms with Gasteiger partial charge in [0, 0.05) is 18.5 Å². The van der Waals surface area contributed by atoms with Crippen molar-refractivity contribution >= 4 is 5.91 Å². The molecule has 0 aromatic heterocycles. The van der Waals surface area contributed by atoms with E-state index in [0.717, 1.165) is 36.4 Å². The van der Waals surface area contributed by atoms with Gasteiger partial charge in [0.1, 0.15) is 0 Å². The van der Waals surface area contributed by atoms with Gasteiger partial charge in [-0.15, -0.1) is 0 Å². The first kappa shape index (κ1) is 17.3. The monoisotopic (exact) mass is 340 g/mol. The molecule has 2 fully saturated rings. The second-order valence-electron chi connectivity index (χ2n) is 6.80. The number of hydrogen-bond acceptors (Lipinski definition) is 2. The molecule has 0 unspecified atom stereocenters. The van der Waals surface area contributed by atoms with Gasteiger partial charge in [0.25, 0.3) is 0 Å². The summed E-state index contributed by atoms with van der Waals surface area (Å²) in [5.41, 5.74) is 1.02. The predicted molar refractivity (Wildman–Crippen MR) is 85.6 cm³/mol. The van der Waals surface area contributed by atoms with Crippen molar-refractivity contribution in [1.82, 2.24) is 10.2 Å². The lowest BCUT2D eigenvalue weighted by Gasteiger charge is -2.28. The van der Waals surface area contributed by atoms with Gasteiger partial charge in [0.15, 0.2) is 0 Å². The number of halogens is 3. The van der Waals surface area contributed by atoms with Gasteiger partial charge in [0.2, 0.25) is 0 Å². The Labute approximate surface area is 140 Å². The van der Waals surface area contributed by atoms with Crippen LogP contribution in [0.1, 0.15) is 37.2 Å². The minimum Gasteiger partial charge on any atom is -0.331 e. The summed E-state index contributed by atoms with van der Waals surface area (Å²) in [5.74, 6) is -1.24. The lowest BCUT2D eigenvalue weighted by Crippen LogP contribution is -2.44. The molecule has 0 radical (unpaired) electrons. The predicted octanol–water partition coefficient (Wildman–Crippen LogP) is 3.32. The molecule has 3 rings (SSSR count). The highest BCUT2D eigenvalue weighted by Gasteiger charge is 2.51. The van der Waals surface area contributed by atoms with E-state index in [9.17, 15) is 18.0 Å². The Morgan fingerprint density at radius 2 is 1.83 bits per heavy atom. The van der Waals surface area contributed by atoms with Crippen LogP contribution in [0.4, 0.5) is 13.2 Å². The molecule has 1 heterocycles. The number of hydrogen-bond donors (Lipinski definition) is 1. The van der Waals surface area contributed by atoms with Crippen LogP contribution in [0.15, 0.2) is 30.3 Å². The molecule has 6 heteroatoms. The van der Waals surface area contributed by atoms with Gasteiger partial charge in [0.05, 0.1) is 0 Å². The Kier molecular flexibility index (Phi) is 5.13. The van der Waals surface area contributed by atoms with Crippen molar-refractivity contribution in [3.63, 3.8) is 0 Å². The molecule has 1 aromatic rings. The van der Waals surface area contributed by atoms with Crippen LogP contribution < -0.4 is 5.32 Å². The largest absolute Gasteiger partial charge is 0.471 e. The van der Waals surface area contributed by atoms with E-state index in [1.54, 1.807) is 0 Å². The zero-order valence-electron chi connectivity index (χ0n) is 13.6. The molecule has 24 heavy (non-hydrogen) atoms. The average molecular weight is 340 g/mol. The van der Waals surface area contributed by atoms with Gasteiger partial charge in [-0.1, -0.05) is 30.3 Å². The Balaban J connectivity index is 1.65. The topological polar surface area (TPSA) is 32.3 Å². The maximum absolute atomic E-state index is 13.0. The van der Waals surface area contributed by atoms with Crippen molar-refractivity contribution < 1.29 is 18.0 Å². The molecule has 3 nitrogen and oxygen atoms in total. The second kappa shape index (κ2) is 7.13. The van der Waals surface area contributed by atoms with Crippen molar-refractivity contribution in [3.8, 4) is 0 Å². The molecular formula is C18H23F3N2O. The Hall–Kier alpha value is -1.56. The molecule has 1 aromatic carbocycles. The third-order valence-corrected chi connectivity index (χ3v) is 5.13. The van der Waals surface area contributed by atoms with E-state index in [-0.39, 0.29) is 18.5 Å². The highest BCUT2D eigenvalue weighted by Crippen LogP contribution is 2.46. The normalized spacial score (nSPS) is 24.6. The molecule has 1 aliphatic carbocycles. The quantitative estimate of drug-likeness (QED) is 0.892. The van der Waals surface area contributed by atoms with Crippen molar-refractivity contribution in [2.75, 3.05) is 19.6 Å². The molecule has 2 atom stereocenters. The van der Waals surface area contributed by atoms with Crippen LogP contribution in [-0.4, -0.2) is 42.7 Å². The lowest BCUT2D eigenvalue weighted by atomic mass is 9.94. The first-order valence-electron chi connectivity index (χ1n) is 8.60. The second-order valence-corrected chi connectivity index (χ2v) is 6.80. The number of nitrogens with zero attached hydrogens (tertiary/aromatic N) is 1. The Morgan fingerprint density at radius 3 is 2.46 bits per heavy atom. The van der Waals surface area contributed by atoms with Crippen LogP contribution in [-0.2, 0) is 4.79 Å². The van der Waals surface area contributed by atoms with Gasteiger partial charge >= 0.3 is 12.1 Å². The highest BCUT2D eigenvalue weighted by molar-refractivity contribution is 5.82. The van der Waals surface area contributed by atoms with Crippen molar-refractivity contribution in [2.45, 2.75) is 43.8 Å². The van der Waals surface area contributed by atoms with Crippen LogP contribution in [0.3, 0.4) is 0 Å². The fourth-order valence-electron chi connectivity index (χ4n) is 3.66. The first-order chi connectivity index (χ1) is 11.5. The fourth-order valence-corrected chi connectivity index (χ4v) is 3.66. The zero-order chi connectivity index (χ0) is 17.2. The maximum atomic E-state index is 13.0. The third-order valence-electron chi connectivity index (χ3n) is 5.13. The van der Waals surface area contributed by atoms with Crippen LogP contribution >= 0.6 is 0 Å². The minimum atomic E-state index is -4.79. The molecule has 1 saturated heterocycles. The molecule has 1 amide bonds. The van der Waals surface area contributed by atoms with Crippen molar-refractivity contribution in [3.05, 3.63) is 35.9 Å². The summed E-state index contributed by atoms with van der Waals surface area (Å²) in [6.07, 6.45) is -1.57. The number of carbonyl (C=O) groups is 1. The van der Waals surface area contributed by atoms with Gasteiger partial charge in [-0.2, -0.15) is 13.2 Å². The van der Waals surface area contributed by atoms with Crippen molar-refractivity contribution in [1.29, 1.82) is 0 Å². The molecule has 0 bridgehead atoms. The minimum absolute atomic E-state index is 0.0329. The summed E-state index contributed by atoms with van der Waals surface area (Å²) < 4.78 is 38.9. The third kappa shape index (κ3) is 4.09. The summed E-state index contributed by atoms with van der Waals surface area (Å²) in [4.78, 5) is 13.0. The molecular weight excluding hydrogens is 317 g/mol.